The van der Waals surface area contributed by atoms with Crippen LogP contribution in [0.25, 0.3) is 0 Å². The molecule has 0 heterocycles. The highest BCUT2D eigenvalue weighted by Crippen LogP contribution is 2.28. The highest BCUT2D eigenvalue weighted by atomic mass is 16.3. The molecule has 0 aromatic heterocycles. The average molecular weight is 449 g/mol. The Hall–Kier alpha value is -2.51. The van der Waals surface area contributed by atoms with Gasteiger partial charge in [-0.15, -0.1) is 0 Å². The molecule has 0 spiro atoms. The largest absolute Gasteiger partial charge is 0.389 e. The fraction of sp³-hybridized carbons (Fsp3) is 0.560. The molecule has 4 N–H and O–H groups in total. The van der Waals surface area contributed by atoms with E-state index in [2.05, 4.69) is 10.6 Å². The molecule has 2 unspecified atom stereocenters. The minimum atomic E-state index is -0.840. The number of hydrogen-bond donors (Lipinski definition) is 4. The topological polar surface area (TPSA) is 116 Å². The number of aliphatic hydroxyl groups is 2. The second kappa shape index (κ2) is 13.1. The molecule has 7 nitrogen and oxygen atoms in total. The van der Waals surface area contributed by atoms with Crippen molar-refractivity contribution in [2.24, 2.45) is 10.8 Å². The Morgan fingerprint density at radius 1 is 0.750 bits per heavy atom. The van der Waals surface area contributed by atoms with Crippen molar-refractivity contribution in [3.05, 3.63) is 47.6 Å². The van der Waals surface area contributed by atoms with E-state index in [1.54, 1.807) is 79.7 Å². The Balaban J connectivity index is 4.94. The van der Waals surface area contributed by atoms with Crippen molar-refractivity contribution in [2.75, 3.05) is 13.1 Å². The molecule has 0 saturated heterocycles. The molecule has 32 heavy (non-hydrogen) atoms. The highest BCUT2D eigenvalue weighted by molar-refractivity contribution is 5.93. The molecular formula is C25H40N2O5. The van der Waals surface area contributed by atoms with Gasteiger partial charge in [-0.1, -0.05) is 52.0 Å². The normalized spacial score (nSPS) is 15.7. The number of carbonyl (C=O) groups excluding carboxylic acids is 3. The van der Waals surface area contributed by atoms with Crippen LogP contribution in [0.4, 0.5) is 0 Å². The predicted octanol–water partition coefficient (Wildman–Crippen LogP) is 2.61. The van der Waals surface area contributed by atoms with E-state index in [1.807, 2.05) is 0 Å². The summed E-state index contributed by atoms with van der Waals surface area (Å²) >= 11 is 0. The van der Waals surface area contributed by atoms with E-state index >= 15 is 0 Å². The van der Waals surface area contributed by atoms with Crippen LogP contribution >= 0.6 is 0 Å². The van der Waals surface area contributed by atoms with Crippen LogP contribution in [0.3, 0.4) is 0 Å². The van der Waals surface area contributed by atoms with Crippen LogP contribution in [-0.2, 0) is 14.4 Å². The third-order valence-electron chi connectivity index (χ3n) is 4.63. The quantitative estimate of drug-likeness (QED) is 0.271. The minimum absolute atomic E-state index is 0.0880. The van der Waals surface area contributed by atoms with Gasteiger partial charge >= 0.3 is 0 Å². The summed E-state index contributed by atoms with van der Waals surface area (Å²) in [5, 5.41) is 24.0. The zero-order valence-electron chi connectivity index (χ0n) is 20.7. The number of hydrogen-bond acceptors (Lipinski definition) is 5. The van der Waals surface area contributed by atoms with Crippen LogP contribution in [-0.4, -0.2) is 53.1 Å². The van der Waals surface area contributed by atoms with E-state index in [0.717, 1.165) is 0 Å². The fourth-order valence-corrected chi connectivity index (χ4v) is 2.89. The summed E-state index contributed by atoms with van der Waals surface area (Å²) in [4.78, 5) is 37.4. The van der Waals surface area contributed by atoms with Gasteiger partial charge in [-0.05, 0) is 38.8 Å². The fourth-order valence-electron chi connectivity index (χ4n) is 2.89. The Morgan fingerprint density at radius 2 is 1.06 bits per heavy atom. The van der Waals surface area contributed by atoms with Gasteiger partial charge < -0.3 is 20.8 Å². The van der Waals surface area contributed by atoms with Crippen LogP contribution in [0.5, 0.6) is 0 Å². The number of carbonyl (C=O) groups is 3. The summed E-state index contributed by atoms with van der Waals surface area (Å²) < 4.78 is 0. The van der Waals surface area contributed by atoms with Gasteiger partial charge in [0.25, 0.3) is 0 Å². The number of amides is 2. The van der Waals surface area contributed by atoms with Crippen molar-refractivity contribution in [2.45, 2.75) is 67.6 Å². The van der Waals surface area contributed by atoms with Crippen LogP contribution < -0.4 is 10.6 Å². The maximum absolute atomic E-state index is 13.1. The smallest absolute Gasteiger partial charge is 0.244 e. The van der Waals surface area contributed by atoms with Crippen molar-refractivity contribution in [3.63, 3.8) is 0 Å². The molecule has 7 heteroatoms. The van der Waals surface area contributed by atoms with E-state index in [-0.39, 0.29) is 30.7 Å². The number of allylic oxidation sites excluding steroid dienone is 4. The van der Waals surface area contributed by atoms with Gasteiger partial charge in [0, 0.05) is 36.1 Å². The van der Waals surface area contributed by atoms with E-state index in [4.69, 9.17) is 0 Å². The Bertz CT molecular complexity index is 720. The molecule has 0 bridgehead atoms. The average Bonchev–Trinajstić information content (AvgIpc) is 2.67. The van der Waals surface area contributed by atoms with Crippen molar-refractivity contribution in [1.82, 2.24) is 10.6 Å². The first-order chi connectivity index (χ1) is 14.6. The zero-order chi connectivity index (χ0) is 25.1. The first kappa shape index (κ1) is 29.5. The number of Topliss-reactive ketones (excluding diaryl/α,β-unsaturated/α-hetero) is 1. The van der Waals surface area contributed by atoms with Gasteiger partial charge in [0.15, 0.2) is 0 Å². The summed E-state index contributed by atoms with van der Waals surface area (Å²) in [6, 6.07) is 0. The third kappa shape index (κ3) is 12.4. The van der Waals surface area contributed by atoms with E-state index in [0.29, 0.717) is 11.1 Å². The summed E-state index contributed by atoms with van der Waals surface area (Å²) in [7, 11) is 0. The molecule has 0 rings (SSSR count). The maximum Gasteiger partial charge on any atom is 0.244 e. The predicted molar refractivity (Wildman–Crippen MR) is 128 cm³/mol. The lowest BCUT2D eigenvalue weighted by atomic mass is 9.73. The standard InChI is InChI=1S/C25H40N2O5/c1-17(9-11-19(3)28)13-21(30)26-15-24(5,6)23(32)25(7,8)16-27-22(31)14-18(2)10-12-20(4)29/h9-14,19-20,28-29H,15-16H2,1-8H3,(H,26,30)(H,27,31). The lowest BCUT2D eigenvalue weighted by Gasteiger charge is -2.33. The van der Waals surface area contributed by atoms with Crippen molar-refractivity contribution in [1.29, 1.82) is 0 Å². The van der Waals surface area contributed by atoms with E-state index in [1.165, 1.54) is 12.2 Å². The lowest BCUT2D eigenvalue weighted by molar-refractivity contribution is -0.136. The summed E-state index contributed by atoms with van der Waals surface area (Å²) in [6.07, 6.45) is 8.08. The van der Waals surface area contributed by atoms with Crippen molar-refractivity contribution in [3.8, 4) is 0 Å². The van der Waals surface area contributed by atoms with Gasteiger partial charge in [0.1, 0.15) is 5.78 Å². The second-order valence-electron chi connectivity index (χ2n) is 9.51. The first-order valence-corrected chi connectivity index (χ1v) is 10.8. The Morgan fingerprint density at radius 3 is 1.34 bits per heavy atom. The third-order valence-corrected chi connectivity index (χ3v) is 4.63. The van der Waals surface area contributed by atoms with Crippen molar-refractivity contribution >= 4 is 17.6 Å². The monoisotopic (exact) mass is 448 g/mol. The molecule has 0 aliphatic heterocycles. The zero-order valence-corrected chi connectivity index (χ0v) is 20.7. The van der Waals surface area contributed by atoms with Crippen LogP contribution in [0.2, 0.25) is 0 Å². The van der Waals surface area contributed by atoms with Crippen LogP contribution in [0.1, 0.15) is 55.4 Å². The minimum Gasteiger partial charge on any atom is -0.389 e. The highest BCUT2D eigenvalue weighted by Gasteiger charge is 2.39. The molecule has 2 atom stereocenters. The molecular weight excluding hydrogens is 408 g/mol. The van der Waals surface area contributed by atoms with Crippen LogP contribution in [0, 0.1) is 10.8 Å². The first-order valence-electron chi connectivity index (χ1n) is 10.8. The number of aliphatic hydroxyl groups excluding tert-OH is 2. The molecule has 180 valence electrons. The second-order valence-corrected chi connectivity index (χ2v) is 9.51. The van der Waals surface area contributed by atoms with Gasteiger partial charge in [0.2, 0.25) is 11.8 Å². The molecule has 0 aliphatic carbocycles. The van der Waals surface area contributed by atoms with E-state index in [9.17, 15) is 24.6 Å². The summed E-state index contributed by atoms with van der Waals surface area (Å²) in [5.41, 5.74) is -0.316. The molecule has 0 aromatic carbocycles. The van der Waals surface area contributed by atoms with Crippen molar-refractivity contribution < 1.29 is 24.6 Å². The maximum atomic E-state index is 13.1. The molecule has 0 fully saturated rings. The SMILES string of the molecule is CC(C=CC(C)O)=CC(=O)NCC(C)(C)C(=O)C(C)(C)CNC(=O)C=C(C)C=CC(C)O. The summed E-state index contributed by atoms with van der Waals surface area (Å²) in [6.45, 7) is 14.1. The summed E-state index contributed by atoms with van der Waals surface area (Å²) in [5.74, 6) is -0.735. The molecule has 0 saturated carbocycles. The Labute approximate surface area is 192 Å². The van der Waals surface area contributed by atoms with Gasteiger partial charge in [-0.2, -0.15) is 0 Å². The number of ketones is 1. The molecule has 0 aliphatic rings. The molecule has 0 aromatic rings. The number of rotatable bonds is 12. The van der Waals surface area contributed by atoms with Gasteiger partial charge in [-0.25, -0.2) is 0 Å². The van der Waals surface area contributed by atoms with Crippen LogP contribution in [0.15, 0.2) is 47.6 Å². The molecule has 2 amide bonds. The van der Waals surface area contributed by atoms with E-state index < -0.39 is 23.0 Å². The Kier molecular flexibility index (Phi) is 12.1. The lowest BCUT2D eigenvalue weighted by Crippen LogP contribution is -2.48. The molecule has 0 radical (unpaired) electrons. The van der Waals surface area contributed by atoms with Gasteiger partial charge in [0.05, 0.1) is 12.2 Å². The van der Waals surface area contributed by atoms with Gasteiger partial charge in [-0.3, -0.25) is 14.4 Å². The number of nitrogens with one attached hydrogen (secondary N) is 2.